The summed E-state index contributed by atoms with van der Waals surface area (Å²) in [5.41, 5.74) is -3.50. The highest BCUT2D eigenvalue weighted by Gasteiger charge is 2.49. The van der Waals surface area contributed by atoms with Crippen molar-refractivity contribution in [3.8, 4) is 17.6 Å². The van der Waals surface area contributed by atoms with Crippen LogP contribution in [-0.4, -0.2) is 20.5 Å². The highest BCUT2D eigenvalue weighted by Crippen LogP contribution is 2.38. The average Bonchev–Trinajstić information content (AvgIpc) is 2.57. The van der Waals surface area contributed by atoms with Gasteiger partial charge in [0.25, 0.3) is 0 Å². The number of benzene rings is 1. The molecule has 0 atom stereocenters. The molecule has 0 fully saturated rings. The van der Waals surface area contributed by atoms with Gasteiger partial charge in [-0.05, 0) is 50.8 Å². The zero-order valence-electron chi connectivity index (χ0n) is 16.1. The molecule has 152 valence electrons. The molecule has 0 aliphatic rings. The third kappa shape index (κ3) is 6.35. The van der Waals surface area contributed by atoms with Crippen molar-refractivity contribution < 1.29 is 25.8 Å². The first-order chi connectivity index (χ1) is 12.5. The molecule has 8 heteroatoms. The molecule has 1 aromatic rings. The molecule has 0 aromatic heterocycles. The summed E-state index contributed by atoms with van der Waals surface area (Å²) < 4.78 is 66.3. The minimum atomic E-state index is -5.75. The number of anilines is 1. The SMILES string of the molecule is CC#CCNc1cc(C)c(C)c(OS(=O)(=O)C(F)(F)F)c1CCCCCC. The predicted molar refractivity (Wildman–Crippen MR) is 101 cm³/mol. The molecule has 0 unspecified atom stereocenters. The van der Waals surface area contributed by atoms with Crippen LogP contribution < -0.4 is 9.50 Å². The standard InChI is InChI=1S/C19H26F3NO3S/c1-5-7-9-10-11-16-17(23-12-8-6-2)13-14(3)15(4)18(16)26-27(24,25)19(20,21)22/h13,23H,5,7,9-12H2,1-4H3. The molecule has 0 bridgehead atoms. The number of alkyl halides is 3. The summed E-state index contributed by atoms with van der Waals surface area (Å²) in [7, 11) is -5.75. The lowest BCUT2D eigenvalue weighted by Crippen LogP contribution is -2.29. The van der Waals surface area contributed by atoms with Gasteiger partial charge in [-0.2, -0.15) is 21.6 Å². The van der Waals surface area contributed by atoms with Crippen LogP contribution in [0.3, 0.4) is 0 Å². The van der Waals surface area contributed by atoms with Gasteiger partial charge < -0.3 is 9.50 Å². The maximum atomic E-state index is 12.8. The molecular weight excluding hydrogens is 379 g/mol. The van der Waals surface area contributed by atoms with E-state index >= 15 is 0 Å². The zero-order valence-corrected chi connectivity index (χ0v) is 16.9. The number of hydrogen-bond donors (Lipinski definition) is 1. The molecule has 0 radical (unpaired) electrons. The van der Waals surface area contributed by atoms with Crippen molar-refractivity contribution in [3.05, 3.63) is 22.8 Å². The van der Waals surface area contributed by atoms with Crippen molar-refractivity contribution in [1.82, 2.24) is 0 Å². The molecule has 0 spiro atoms. The molecule has 0 aliphatic carbocycles. The molecule has 0 amide bonds. The van der Waals surface area contributed by atoms with Crippen LogP contribution >= 0.6 is 0 Å². The van der Waals surface area contributed by atoms with E-state index < -0.39 is 15.6 Å². The van der Waals surface area contributed by atoms with Crippen LogP contribution in [0.1, 0.15) is 56.2 Å². The Bertz CT molecular complexity index is 806. The molecule has 0 saturated carbocycles. The van der Waals surface area contributed by atoms with E-state index in [2.05, 4.69) is 28.3 Å². The normalized spacial score (nSPS) is 11.7. The number of aryl methyl sites for hydroxylation is 1. The first-order valence-electron chi connectivity index (χ1n) is 8.82. The number of rotatable bonds is 9. The van der Waals surface area contributed by atoms with Gasteiger partial charge in [-0.15, -0.1) is 5.92 Å². The Labute approximate surface area is 159 Å². The summed E-state index contributed by atoms with van der Waals surface area (Å²) in [6.07, 6.45) is 4.02. The van der Waals surface area contributed by atoms with Crippen molar-refractivity contribution in [2.45, 2.75) is 65.3 Å². The molecule has 0 heterocycles. The summed E-state index contributed by atoms with van der Waals surface area (Å²) in [4.78, 5) is 0. The van der Waals surface area contributed by atoms with Crippen LogP contribution in [0.2, 0.25) is 0 Å². The van der Waals surface area contributed by atoms with E-state index in [9.17, 15) is 21.6 Å². The summed E-state index contributed by atoms with van der Waals surface area (Å²) in [6.45, 7) is 7.28. The van der Waals surface area contributed by atoms with E-state index in [4.69, 9.17) is 0 Å². The monoisotopic (exact) mass is 405 g/mol. The van der Waals surface area contributed by atoms with E-state index in [0.29, 0.717) is 41.8 Å². The second kappa shape index (κ2) is 9.88. The quantitative estimate of drug-likeness (QED) is 0.269. The maximum Gasteiger partial charge on any atom is 0.534 e. The summed E-state index contributed by atoms with van der Waals surface area (Å²) in [6, 6.07) is 1.79. The van der Waals surface area contributed by atoms with Gasteiger partial charge in [0.1, 0.15) is 0 Å². The van der Waals surface area contributed by atoms with Crippen molar-refractivity contribution in [1.29, 1.82) is 0 Å². The number of unbranched alkanes of at least 4 members (excludes halogenated alkanes) is 3. The highest BCUT2D eigenvalue weighted by atomic mass is 32.2. The fourth-order valence-corrected chi connectivity index (χ4v) is 3.11. The van der Waals surface area contributed by atoms with Crippen LogP contribution in [0.5, 0.6) is 5.75 Å². The van der Waals surface area contributed by atoms with Crippen LogP contribution in [0.4, 0.5) is 18.9 Å². The Kier molecular flexibility index (Phi) is 8.48. The van der Waals surface area contributed by atoms with Gasteiger partial charge in [0.2, 0.25) is 0 Å². The largest absolute Gasteiger partial charge is 0.534 e. The maximum absolute atomic E-state index is 12.8. The fourth-order valence-electron chi connectivity index (χ4n) is 2.57. The van der Waals surface area contributed by atoms with Crippen LogP contribution in [-0.2, 0) is 16.5 Å². The molecule has 0 saturated heterocycles. The first kappa shape index (κ1) is 23.2. The molecule has 1 N–H and O–H groups in total. The third-order valence-corrected chi connectivity index (χ3v) is 5.15. The van der Waals surface area contributed by atoms with Gasteiger partial charge in [0.05, 0.1) is 6.54 Å². The van der Waals surface area contributed by atoms with Gasteiger partial charge in [0.15, 0.2) is 5.75 Å². The van der Waals surface area contributed by atoms with Gasteiger partial charge in [-0.3, -0.25) is 0 Å². The van der Waals surface area contributed by atoms with Crippen LogP contribution in [0, 0.1) is 25.7 Å². The van der Waals surface area contributed by atoms with E-state index in [1.54, 1.807) is 26.8 Å². The van der Waals surface area contributed by atoms with Gasteiger partial charge in [0, 0.05) is 11.3 Å². The van der Waals surface area contributed by atoms with Gasteiger partial charge >= 0.3 is 15.6 Å². The average molecular weight is 405 g/mol. The number of nitrogens with one attached hydrogen (secondary N) is 1. The lowest BCUT2D eigenvalue weighted by atomic mass is 9.97. The van der Waals surface area contributed by atoms with E-state index in [1.165, 1.54) is 0 Å². The molecule has 1 rings (SSSR count). The predicted octanol–water partition coefficient (Wildman–Crippen LogP) is 5.09. The highest BCUT2D eigenvalue weighted by molar-refractivity contribution is 7.88. The molecule has 4 nitrogen and oxygen atoms in total. The van der Waals surface area contributed by atoms with Crippen LogP contribution in [0.15, 0.2) is 6.07 Å². The lowest BCUT2D eigenvalue weighted by molar-refractivity contribution is -0.0500. The van der Waals surface area contributed by atoms with Gasteiger partial charge in [-0.25, -0.2) is 0 Å². The Morgan fingerprint density at radius 1 is 1.19 bits per heavy atom. The zero-order chi connectivity index (χ0) is 20.7. The minimum Gasteiger partial charge on any atom is -0.375 e. The van der Waals surface area contributed by atoms with Crippen molar-refractivity contribution in [2.75, 3.05) is 11.9 Å². The Hall–Kier alpha value is -1.88. The molecule has 0 aliphatic heterocycles. The third-order valence-electron chi connectivity index (χ3n) is 4.19. The second-order valence-electron chi connectivity index (χ2n) is 6.25. The van der Waals surface area contributed by atoms with E-state index in [1.807, 2.05) is 0 Å². The second-order valence-corrected chi connectivity index (χ2v) is 7.79. The van der Waals surface area contributed by atoms with Crippen molar-refractivity contribution in [3.63, 3.8) is 0 Å². The van der Waals surface area contributed by atoms with Gasteiger partial charge in [-0.1, -0.05) is 32.1 Å². The molecular formula is C19H26F3NO3S. The fraction of sp³-hybridized carbons (Fsp3) is 0.579. The molecule has 1 aromatic carbocycles. The topological polar surface area (TPSA) is 55.4 Å². The smallest absolute Gasteiger partial charge is 0.375 e. The van der Waals surface area contributed by atoms with Crippen LogP contribution in [0.25, 0.3) is 0 Å². The summed E-state index contributed by atoms with van der Waals surface area (Å²) in [5.74, 6) is 5.31. The number of hydrogen-bond acceptors (Lipinski definition) is 4. The Morgan fingerprint density at radius 2 is 1.85 bits per heavy atom. The van der Waals surface area contributed by atoms with E-state index in [-0.39, 0.29) is 5.75 Å². The Morgan fingerprint density at radius 3 is 2.41 bits per heavy atom. The van der Waals surface area contributed by atoms with E-state index in [0.717, 1.165) is 19.3 Å². The summed E-state index contributed by atoms with van der Waals surface area (Å²) >= 11 is 0. The first-order valence-corrected chi connectivity index (χ1v) is 10.2. The minimum absolute atomic E-state index is 0.240. The Balaban J connectivity index is 3.39. The van der Waals surface area contributed by atoms with Crippen molar-refractivity contribution in [2.24, 2.45) is 0 Å². The molecule has 27 heavy (non-hydrogen) atoms. The van der Waals surface area contributed by atoms with Crippen molar-refractivity contribution >= 4 is 15.8 Å². The lowest BCUT2D eigenvalue weighted by Gasteiger charge is -2.20. The number of halogens is 3. The summed E-state index contributed by atoms with van der Waals surface area (Å²) in [5, 5.41) is 3.06.